The summed E-state index contributed by atoms with van der Waals surface area (Å²) in [5.74, 6) is -0.523. The summed E-state index contributed by atoms with van der Waals surface area (Å²) in [5, 5.41) is 10.8. The van der Waals surface area contributed by atoms with Gasteiger partial charge in [0.1, 0.15) is 6.33 Å². The third kappa shape index (κ3) is 2.00. The minimum Gasteiger partial charge on any atom is -0.550 e. The summed E-state index contributed by atoms with van der Waals surface area (Å²) in [5.41, 5.74) is 1.55. The number of hydrogen-bond donors (Lipinski definition) is 0. The molecule has 1 aliphatic heterocycles. The number of imidazole rings is 1. The first-order valence-electron chi connectivity index (χ1n) is 6.24. The number of carbonyl (C=O) groups is 1. The SMILES string of the molecule is Cn1cnc2c(N3CCC(C(=O)[O-])CC3)ncnc21. The number of fused-ring (bicyclic) bond motifs is 1. The smallest absolute Gasteiger partial charge is 0.165 e. The van der Waals surface area contributed by atoms with Crippen LogP contribution >= 0.6 is 0 Å². The number of anilines is 1. The first-order valence-corrected chi connectivity index (χ1v) is 6.24. The quantitative estimate of drug-likeness (QED) is 0.711. The summed E-state index contributed by atoms with van der Waals surface area (Å²) in [6, 6.07) is 0. The first-order chi connectivity index (χ1) is 9.16. The van der Waals surface area contributed by atoms with E-state index in [2.05, 4.69) is 19.9 Å². The predicted octanol–water partition coefficient (Wildman–Crippen LogP) is -0.670. The second-order valence-electron chi connectivity index (χ2n) is 4.81. The highest BCUT2D eigenvalue weighted by molar-refractivity contribution is 5.83. The lowest BCUT2D eigenvalue weighted by atomic mass is 9.97. The van der Waals surface area contributed by atoms with E-state index in [0.717, 1.165) is 17.0 Å². The van der Waals surface area contributed by atoms with E-state index in [1.54, 1.807) is 6.33 Å². The van der Waals surface area contributed by atoms with E-state index < -0.39 is 5.97 Å². The Morgan fingerprint density at radius 1 is 1.32 bits per heavy atom. The monoisotopic (exact) mass is 260 g/mol. The molecule has 0 bridgehead atoms. The van der Waals surface area contributed by atoms with Crippen molar-refractivity contribution in [1.29, 1.82) is 0 Å². The fraction of sp³-hybridized carbons (Fsp3) is 0.500. The third-order valence-corrected chi connectivity index (χ3v) is 3.61. The van der Waals surface area contributed by atoms with Crippen molar-refractivity contribution in [3.63, 3.8) is 0 Å². The second kappa shape index (κ2) is 4.49. The number of aliphatic carboxylic acids is 1. The number of aryl methyl sites for hydroxylation is 1. The van der Waals surface area contributed by atoms with E-state index in [1.807, 2.05) is 11.6 Å². The van der Waals surface area contributed by atoms with Crippen LogP contribution in [0.5, 0.6) is 0 Å². The van der Waals surface area contributed by atoms with Gasteiger partial charge in [-0.25, -0.2) is 15.0 Å². The predicted molar refractivity (Wildman–Crippen MR) is 66.2 cm³/mol. The number of carboxylic acid groups (broad SMARTS) is 1. The highest BCUT2D eigenvalue weighted by Crippen LogP contribution is 2.25. The van der Waals surface area contributed by atoms with Crippen molar-refractivity contribution in [1.82, 2.24) is 19.5 Å². The zero-order valence-electron chi connectivity index (χ0n) is 10.6. The van der Waals surface area contributed by atoms with E-state index in [0.29, 0.717) is 25.9 Å². The maximum Gasteiger partial charge on any atom is 0.165 e. The second-order valence-corrected chi connectivity index (χ2v) is 4.81. The number of aromatic nitrogens is 4. The average molecular weight is 260 g/mol. The fourth-order valence-corrected chi connectivity index (χ4v) is 2.49. The largest absolute Gasteiger partial charge is 0.550 e. The molecule has 0 spiro atoms. The van der Waals surface area contributed by atoms with Crippen LogP contribution in [0.3, 0.4) is 0 Å². The molecule has 0 N–H and O–H groups in total. The van der Waals surface area contributed by atoms with Crippen LogP contribution < -0.4 is 10.0 Å². The number of nitrogens with zero attached hydrogens (tertiary/aromatic N) is 5. The molecular weight excluding hydrogens is 246 g/mol. The Morgan fingerprint density at radius 2 is 2.05 bits per heavy atom. The highest BCUT2D eigenvalue weighted by Gasteiger charge is 2.23. The molecule has 1 aliphatic rings. The molecule has 0 aromatic carbocycles. The topological polar surface area (TPSA) is 87.0 Å². The normalized spacial score (nSPS) is 17.0. The molecule has 0 saturated carbocycles. The van der Waals surface area contributed by atoms with Crippen molar-refractivity contribution < 1.29 is 9.90 Å². The Morgan fingerprint density at radius 3 is 2.74 bits per heavy atom. The molecule has 7 nitrogen and oxygen atoms in total. The Labute approximate surface area is 109 Å². The molecule has 0 amide bonds. The average Bonchev–Trinajstić information content (AvgIpc) is 2.81. The van der Waals surface area contributed by atoms with E-state index in [-0.39, 0.29) is 5.92 Å². The van der Waals surface area contributed by atoms with Crippen LogP contribution in [0.4, 0.5) is 5.82 Å². The molecule has 100 valence electrons. The molecule has 3 rings (SSSR count). The number of carboxylic acids is 1. The van der Waals surface area contributed by atoms with Gasteiger partial charge in [-0.05, 0) is 12.8 Å². The minimum atomic E-state index is -0.953. The van der Waals surface area contributed by atoms with Gasteiger partial charge < -0.3 is 19.4 Å². The van der Waals surface area contributed by atoms with Crippen molar-refractivity contribution in [3.05, 3.63) is 12.7 Å². The van der Waals surface area contributed by atoms with Gasteiger partial charge in [0.25, 0.3) is 0 Å². The molecule has 2 aromatic rings. The van der Waals surface area contributed by atoms with E-state index in [1.165, 1.54) is 6.33 Å². The lowest BCUT2D eigenvalue weighted by Gasteiger charge is -2.33. The van der Waals surface area contributed by atoms with Crippen molar-refractivity contribution in [2.75, 3.05) is 18.0 Å². The van der Waals surface area contributed by atoms with Gasteiger partial charge in [0.05, 0.1) is 6.33 Å². The van der Waals surface area contributed by atoms with Gasteiger partial charge in [-0.1, -0.05) is 0 Å². The van der Waals surface area contributed by atoms with Gasteiger partial charge in [0.15, 0.2) is 17.0 Å². The molecule has 2 aromatic heterocycles. The number of carbonyl (C=O) groups excluding carboxylic acids is 1. The van der Waals surface area contributed by atoms with Crippen LogP contribution in [0, 0.1) is 5.92 Å². The van der Waals surface area contributed by atoms with Crippen LogP contribution in [0.15, 0.2) is 12.7 Å². The lowest BCUT2D eigenvalue weighted by Crippen LogP contribution is -2.41. The molecule has 0 unspecified atom stereocenters. The summed E-state index contributed by atoms with van der Waals surface area (Å²) in [4.78, 5) is 25.7. The first kappa shape index (κ1) is 11.9. The Balaban J connectivity index is 1.88. The fourth-order valence-electron chi connectivity index (χ4n) is 2.49. The highest BCUT2D eigenvalue weighted by atomic mass is 16.4. The third-order valence-electron chi connectivity index (χ3n) is 3.61. The van der Waals surface area contributed by atoms with Gasteiger partial charge >= 0.3 is 0 Å². The van der Waals surface area contributed by atoms with Crippen LogP contribution in [0.25, 0.3) is 11.2 Å². The van der Waals surface area contributed by atoms with Gasteiger partial charge in [-0.15, -0.1) is 0 Å². The molecule has 0 atom stereocenters. The number of hydrogen-bond acceptors (Lipinski definition) is 6. The molecule has 1 fully saturated rings. The summed E-state index contributed by atoms with van der Waals surface area (Å²) in [7, 11) is 1.88. The standard InChI is InChI=1S/C12H15N5O2/c1-16-7-15-9-10(16)13-6-14-11(9)17-4-2-8(3-5-17)12(18)19/h6-8H,2-5H2,1H3,(H,18,19)/p-1. The minimum absolute atomic E-state index is 0.350. The van der Waals surface area contributed by atoms with Gasteiger partial charge in [-0.3, -0.25) is 0 Å². The zero-order chi connectivity index (χ0) is 13.4. The Hall–Kier alpha value is -2.18. The van der Waals surface area contributed by atoms with E-state index in [4.69, 9.17) is 0 Å². The summed E-state index contributed by atoms with van der Waals surface area (Å²) < 4.78 is 1.84. The van der Waals surface area contributed by atoms with Gasteiger partial charge in [-0.2, -0.15) is 0 Å². The van der Waals surface area contributed by atoms with Crippen LogP contribution in [-0.2, 0) is 11.8 Å². The van der Waals surface area contributed by atoms with Crippen molar-refractivity contribution >= 4 is 23.0 Å². The lowest BCUT2D eigenvalue weighted by molar-refractivity contribution is -0.312. The van der Waals surface area contributed by atoms with E-state index in [9.17, 15) is 9.90 Å². The maximum absolute atomic E-state index is 10.8. The van der Waals surface area contributed by atoms with Crippen LogP contribution in [-0.4, -0.2) is 38.6 Å². The van der Waals surface area contributed by atoms with Crippen molar-refractivity contribution in [2.24, 2.45) is 13.0 Å². The van der Waals surface area contributed by atoms with Crippen molar-refractivity contribution in [3.8, 4) is 0 Å². The molecule has 7 heteroatoms. The Kier molecular flexibility index (Phi) is 2.81. The summed E-state index contributed by atoms with van der Waals surface area (Å²) in [6.45, 7) is 1.31. The molecule has 1 saturated heterocycles. The number of rotatable bonds is 2. The molecule has 19 heavy (non-hydrogen) atoms. The zero-order valence-corrected chi connectivity index (χ0v) is 10.6. The van der Waals surface area contributed by atoms with E-state index >= 15 is 0 Å². The Bertz CT molecular complexity index is 616. The number of piperidine rings is 1. The van der Waals surface area contributed by atoms with Crippen LogP contribution in [0.2, 0.25) is 0 Å². The van der Waals surface area contributed by atoms with Crippen LogP contribution in [0.1, 0.15) is 12.8 Å². The molecule has 0 aliphatic carbocycles. The van der Waals surface area contributed by atoms with Gasteiger partial charge in [0.2, 0.25) is 0 Å². The van der Waals surface area contributed by atoms with Gasteiger partial charge in [0, 0.05) is 32.0 Å². The summed E-state index contributed by atoms with van der Waals surface area (Å²) in [6.07, 6.45) is 4.39. The summed E-state index contributed by atoms with van der Waals surface area (Å²) >= 11 is 0. The molecule has 3 heterocycles. The van der Waals surface area contributed by atoms with Crippen molar-refractivity contribution in [2.45, 2.75) is 12.8 Å². The molecule has 0 radical (unpaired) electrons. The maximum atomic E-state index is 10.8. The molecular formula is C12H14N5O2-.